The maximum absolute atomic E-state index is 10.5. The van der Waals surface area contributed by atoms with Crippen LogP contribution in [0.25, 0.3) is 0 Å². The summed E-state index contributed by atoms with van der Waals surface area (Å²) >= 11 is 0. The van der Waals surface area contributed by atoms with Crippen LogP contribution >= 0.6 is 0 Å². The molecule has 2 rings (SSSR count). The van der Waals surface area contributed by atoms with Crippen LogP contribution in [0.1, 0.15) is 13.3 Å². The highest BCUT2D eigenvalue weighted by Crippen LogP contribution is 2.24. The lowest BCUT2D eigenvalue weighted by Crippen LogP contribution is -2.61. The van der Waals surface area contributed by atoms with Crippen molar-refractivity contribution in [2.45, 2.75) is 18.9 Å². The van der Waals surface area contributed by atoms with Crippen LogP contribution in [0, 0.1) is 0 Å². The Hall–Kier alpha value is -1.59. The quantitative estimate of drug-likeness (QED) is 0.733. The van der Waals surface area contributed by atoms with E-state index in [1.807, 2.05) is 37.3 Å². The highest BCUT2D eigenvalue weighted by molar-refractivity contribution is 5.68. The number of carbonyl (C=O) groups is 1. The lowest BCUT2D eigenvalue weighted by atomic mass is 9.96. The Labute approximate surface area is 119 Å². The van der Waals surface area contributed by atoms with Crippen LogP contribution in [0.3, 0.4) is 0 Å². The Morgan fingerprint density at radius 1 is 1.35 bits per heavy atom. The van der Waals surface area contributed by atoms with Gasteiger partial charge in [-0.25, -0.2) is 4.79 Å². The summed E-state index contributed by atoms with van der Waals surface area (Å²) in [6.07, 6.45) is 0.948. The molecule has 1 fully saturated rings. The molecule has 0 atom stereocenters. The van der Waals surface area contributed by atoms with Gasteiger partial charge in [0.2, 0.25) is 0 Å². The minimum atomic E-state index is -0.916. The summed E-state index contributed by atoms with van der Waals surface area (Å²) < 4.78 is 11.0. The predicted octanol–water partition coefficient (Wildman–Crippen LogP) is 1.63. The molecule has 1 aromatic rings. The molecule has 20 heavy (non-hydrogen) atoms. The van der Waals surface area contributed by atoms with Crippen molar-refractivity contribution in [3.05, 3.63) is 30.3 Å². The molecule has 5 heteroatoms. The molecule has 1 aliphatic rings. The number of aliphatic carboxylic acids is 1. The summed E-state index contributed by atoms with van der Waals surface area (Å²) in [5.41, 5.74) is -0.307. The lowest BCUT2D eigenvalue weighted by Gasteiger charge is -2.47. The van der Waals surface area contributed by atoms with E-state index >= 15 is 0 Å². The molecule has 0 radical (unpaired) electrons. The Morgan fingerprint density at radius 3 is 2.70 bits per heavy atom. The maximum Gasteiger partial charge on any atom is 0.329 e. The highest BCUT2D eigenvalue weighted by atomic mass is 16.5. The van der Waals surface area contributed by atoms with Crippen LogP contribution in [-0.4, -0.2) is 54.4 Å². The molecule has 0 saturated carbocycles. The summed E-state index contributed by atoms with van der Waals surface area (Å²) in [5.74, 6) is -0.0216. The van der Waals surface area contributed by atoms with E-state index < -0.39 is 5.97 Å². The molecule has 1 heterocycles. The number of para-hydroxylation sites is 1. The van der Waals surface area contributed by atoms with E-state index in [-0.39, 0.29) is 12.2 Å². The van der Waals surface area contributed by atoms with Gasteiger partial charge in [-0.2, -0.15) is 0 Å². The summed E-state index contributed by atoms with van der Waals surface area (Å²) in [6, 6.07) is 9.76. The van der Waals surface area contributed by atoms with Crippen LogP contribution in [-0.2, 0) is 9.53 Å². The summed E-state index contributed by atoms with van der Waals surface area (Å²) in [5, 5.41) is 8.59. The third-order valence-corrected chi connectivity index (χ3v) is 3.29. The number of rotatable bonds is 8. The second kappa shape index (κ2) is 6.72. The molecule has 0 unspecified atom stereocenters. The first kappa shape index (κ1) is 14.8. The van der Waals surface area contributed by atoms with Crippen LogP contribution in [0.15, 0.2) is 30.3 Å². The summed E-state index contributed by atoms with van der Waals surface area (Å²) in [6.45, 7) is 4.93. The first-order chi connectivity index (χ1) is 9.57. The van der Waals surface area contributed by atoms with Crippen molar-refractivity contribution in [3.63, 3.8) is 0 Å². The van der Waals surface area contributed by atoms with E-state index in [1.54, 1.807) is 0 Å². The topological polar surface area (TPSA) is 59.0 Å². The fourth-order valence-electron chi connectivity index (χ4n) is 2.38. The average molecular weight is 279 g/mol. The molecule has 110 valence electrons. The van der Waals surface area contributed by atoms with Crippen LogP contribution in [0.4, 0.5) is 0 Å². The van der Waals surface area contributed by atoms with Crippen molar-refractivity contribution in [1.29, 1.82) is 0 Å². The third kappa shape index (κ3) is 4.51. The van der Waals surface area contributed by atoms with E-state index in [9.17, 15) is 4.79 Å². The number of likely N-dealkylation sites (tertiary alicyclic amines) is 1. The molecule has 0 amide bonds. The average Bonchev–Trinajstić information content (AvgIpc) is 2.40. The lowest BCUT2D eigenvalue weighted by molar-refractivity contribution is -0.164. The molecular weight excluding hydrogens is 258 g/mol. The van der Waals surface area contributed by atoms with Crippen molar-refractivity contribution in [2.24, 2.45) is 0 Å². The Balaban J connectivity index is 1.55. The fraction of sp³-hybridized carbons (Fsp3) is 0.533. The highest BCUT2D eigenvalue weighted by Gasteiger charge is 2.39. The smallest absolute Gasteiger partial charge is 0.329 e. The molecule has 1 N–H and O–H groups in total. The Bertz CT molecular complexity index is 429. The van der Waals surface area contributed by atoms with Crippen LogP contribution in [0.2, 0.25) is 0 Å². The molecule has 1 aromatic carbocycles. The maximum atomic E-state index is 10.5. The predicted molar refractivity (Wildman–Crippen MR) is 75.0 cm³/mol. The van der Waals surface area contributed by atoms with Gasteiger partial charge >= 0.3 is 5.97 Å². The van der Waals surface area contributed by atoms with Crippen LogP contribution < -0.4 is 4.74 Å². The molecule has 0 bridgehead atoms. The largest absolute Gasteiger partial charge is 0.494 e. The fourth-order valence-corrected chi connectivity index (χ4v) is 2.38. The number of benzene rings is 1. The van der Waals surface area contributed by atoms with Gasteiger partial charge in [0, 0.05) is 19.6 Å². The van der Waals surface area contributed by atoms with Gasteiger partial charge in [-0.3, -0.25) is 4.90 Å². The minimum absolute atomic E-state index is 0.221. The van der Waals surface area contributed by atoms with Gasteiger partial charge in [-0.15, -0.1) is 0 Å². The van der Waals surface area contributed by atoms with E-state index in [0.29, 0.717) is 6.61 Å². The van der Waals surface area contributed by atoms with Crippen molar-refractivity contribution in [1.82, 2.24) is 4.90 Å². The van der Waals surface area contributed by atoms with Crippen molar-refractivity contribution >= 4 is 5.97 Å². The van der Waals surface area contributed by atoms with Crippen molar-refractivity contribution < 1.29 is 19.4 Å². The molecule has 1 aliphatic heterocycles. The monoisotopic (exact) mass is 279 g/mol. The van der Waals surface area contributed by atoms with E-state index in [2.05, 4.69) is 4.90 Å². The minimum Gasteiger partial charge on any atom is -0.494 e. The number of carboxylic acid groups (broad SMARTS) is 1. The SMILES string of the molecule is CC1(OCC(=O)O)CN(CCCOc2ccccc2)C1. The van der Waals surface area contributed by atoms with Gasteiger partial charge in [-0.1, -0.05) is 18.2 Å². The number of hydrogen-bond donors (Lipinski definition) is 1. The van der Waals surface area contributed by atoms with Gasteiger partial charge in [0.15, 0.2) is 0 Å². The molecular formula is C15H21NO4. The number of carboxylic acids is 1. The number of nitrogens with zero attached hydrogens (tertiary/aromatic N) is 1. The molecule has 0 aromatic heterocycles. The van der Waals surface area contributed by atoms with Gasteiger partial charge in [0.25, 0.3) is 0 Å². The first-order valence-corrected chi connectivity index (χ1v) is 6.83. The summed E-state index contributed by atoms with van der Waals surface area (Å²) in [4.78, 5) is 12.7. The zero-order chi connectivity index (χ0) is 14.4. The molecule has 0 aliphatic carbocycles. The van der Waals surface area contributed by atoms with Crippen LogP contribution in [0.5, 0.6) is 5.75 Å². The molecule has 0 spiro atoms. The van der Waals surface area contributed by atoms with Crippen molar-refractivity contribution in [3.8, 4) is 5.75 Å². The van der Waals surface area contributed by atoms with E-state index in [4.69, 9.17) is 14.6 Å². The Morgan fingerprint density at radius 2 is 2.05 bits per heavy atom. The first-order valence-electron chi connectivity index (χ1n) is 6.83. The third-order valence-electron chi connectivity index (χ3n) is 3.29. The zero-order valence-corrected chi connectivity index (χ0v) is 11.7. The van der Waals surface area contributed by atoms with E-state index in [0.717, 1.165) is 31.8 Å². The standard InChI is InChI=1S/C15H21NO4/c1-15(20-10-14(17)18)11-16(12-15)8-5-9-19-13-6-3-2-4-7-13/h2-4,6-7H,5,8-12H2,1H3,(H,17,18). The van der Waals surface area contributed by atoms with Crippen molar-refractivity contribution in [2.75, 3.05) is 32.8 Å². The Kier molecular flexibility index (Phi) is 4.98. The van der Waals surface area contributed by atoms with E-state index in [1.165, 1.54) is 0 Å². The summed E-state index contributed by atoms with van der Waals surface area (Å²) in [7, 11) is 0. The number of hydrogen-bond acceptors (Lipinski definition) is 4. The molecule has 1 saturated heterocycles. The van der Waals surface area contributed by atoms with Gasteiger partial charge < -0.3 is 14.6 Å². The normalized spacial score (nSPS) is 17.4. The zero-order valence-electron chi connectivity index (χ0n) is 11.7. The molecule has 5 nitrogen and oxygen atoms in total. The van der Waals surface area contributed by atoms with Gasteiger partial charge in [0.05, 0.1) is 12.2 Å². The van der Waals surface area contributed by atoms with Gasteiger partial charge in [-0.05, 0) is 25.5 Å². The second-order valence-electron chi connectivity index (χ2n) is 5.36. The number of ether oxygens (including phenoxy) is 2. The van der Waals surface area contributed by atoms with Gasteiger partial charge in [0.1, 0.15) is 12.4 Å². The second-order valence-corrected chi connectivity index (χ2v) is 5.36.